The van der Waals surface area contributed by atoms with Gasteiger partial charge in [-0.15, -0.1) is 0 Å². The first-order valence-corrected chi connectivity index (χ1v) is 7.53. The summed E-state index contributed by atoms with van der Waals surface area (Å²) >= 11 is 0. The third-order valence-corrected chi connectivity index (χ3v) is 3.11. The smallest absolute Gasteiger partial charge is 0.306 e. The zero-order valence-corrected chi connectivity index (χ0v) is 14.0. The van der Waals surface area contributed by atoms with Gasteiger partial charge in [0.15, 0.2) is 12.4 Å². The highest BCUT2D eigenvalue weighted by molar-refractivity contribution is 5.95. The van der Waals surface area contributed by atoms with Crippen LogP contribution in [-0.2, 0) is 19.1 Å². The molecule has 0 spiro atoms. The number of rotatable bonds is 6. The summed E-state index contributed by atoms with van der Waals surface area (Å²) in [5.74, 6) is -1.83. The number of benzene rings is 1. The van der Waals surface area contributed by atoms with E-state index >= 15 is 0 Å². The summed E-state index contributed by atoms with van der Waals surface area (Å²) in [5.41, 5.74) is 4.28. The molecule has 0 atom stereocenters. The van der Waals surface area contributed by atoms with Gasteiger partial charge in [-0.25, -0.2) is 0 Å². The average molecular weight is 334 g/mol. The van der Waals surface area contributed by atoms with Crippen LogP contribution in [0.25, 0.3) is 0 Å². The Labute approximate surface area is 140 Å². The van der Waals surface area contributed by atoms with Gasteiger partial charge in [-0.2, -0.15) is 0 Å². The lowest BCUT2D eigenvalue weighted by Crippen LogP contribution is -2.41. The normalized spacial score (nSPS) is 10.6. The highest BCUT2D eigenvalue weighted by atomic mass is 16.5. The molecule has 2 N–H and O–H groups in total. The van der Waals surface area contributed by atoms with Crippen LogP contribution in [0.4, 0.5) is 0 Å². The number of Topliss-reactive ketones (excluding diaryl/α,β-unsaturated/α-hetero) is 1. The molecule has 0 radical (unpaired) electrons. The number of nitrogens with one attached hydrogen (secondary N) is 2. The maximum atomic E-state index is 11.7. The van der Waals surface area contributed by atoms with Crippen molar-refractivity contribution in [3.63, 3.8) is 0 Å². The van der Waals surface area contributed by atoms with Crippen molar-refractivity contribution in [1.29, 1.82) is 0 Å². The third-order valence-electron chi connectivity index (χ3n) is 3.11. The van der Waals surface area contributed by atoms with E-state index in [2.05, 4.69) is 10.9 Å². The number of hydrogen-bond donors (Lipinski definition) is 2. The van der Waals surface area contributed by atoms with Crippen molar-refractivity contribution < 1.29 is 23.9 Å². The minimum absolute atomic E-state index is 0.155. The number of amides is 2. The van der Waals surface area contributed by atoms with E-state index in [9.17, 15) is 19.2 Å². The maximum Gasteiger partial charge on any atom is 0.306 e. The van der Waals surface area contributed by atoms with Gasteiger partial charge in [0.1, 0.15) is 0 Å². The Hall–Kier alpha value is -2.70. The van der Waals surface area contributed by atoms with Crippen molar-refractivity contribution >= 4 is 23.6 Å². The van der Waals surface area contributed by atoms with Crippen LogP contribution in [0.3, 0.4) is 0 Å². The Morgan fingerprint density at radius 1 is 0.958 bits per heavy atom. The number of ketones is 1. The zero-order chi connectivity index (χ0) is 18.2. The molecule has 2 amide bonds. The number of esters is 1. The van der Waals surface area contributed by atoms with Gasteiger partial charge in [-0.3, -0.25) is 30.0 Å². The molecule has 1 rings (SSSR count). The fraction of sp³-hybridized carbons (Fsp3) is 0.412. The molecule has 1 aromatic carbocycles. The Morgan fingerprint density at radius 3 is 2.17 bits per heavy atom. The van der Waals surface area contributed by atoms with Gasteiger partial charge in [0, 0.05) is 17.4 Å². The standard InChI is InChI=1S/C17H22N2O5/c1-17(2,3)13(20)11-24-15(22)10-9-14(21)18-19-16(23)12-7-5-4-6-8-12/h4-8H,9-11H2,1-3H3,(H,18,21)(H,19,23). The van der Waals surface area contributed by atoms with E-state index < -0.39 is 23.2 Å². The van der Waals surface area contributed by atoms with Gasteiger partial charge >= 0.3 is 5.97 Å². The summed E-state index contributed by atoms with van der Waals surface area (Å²) in [6.07, 6.45) is -0.331. The predicted molar refractivity (Wildman–Crippen MR) is 86.7 cm³/mol. The fourth-order valence-electron chi connectivity index (χ4n) is 1.50. The lowest BCUT2D eigenvalue weighted by molar-refractivity contribution is -0.150. The Balaban J connectivity index is 2.25. The molecule has 0 heterocycles. The van der Waals surface area contributed by atoms with Crippen LogP contribution < -0.4 is 10.9 Å². The van der Waals surface area contributed by atoms with Gasteiger partial charge in [0.2, 0.25) is 5.91 Å². The molecular weight excluding hydrogens is 312 g/mol. The van der Waals surface area contributed by atoms with E-state index in [1.165, 1.54) is 0 Å². The highest BCUT2D eigenvalue weighted by Gasteiger charge is 2.22. The van der Waals surface area contributed by atoms with Crippen LogP contribution >= 0.6 is 0 Å². The van der Waals surface area contributed by atoms with Crippen molar-refractivity contribution in [1.82, 2.24) is 10.9 Å². The van der Waals surface area contributed by atoms with E-state index in [1.807, 2.05) is 0 Å². The largest absolute Gasteiger partial charge is 0.458 e. The van der Waals surface area contributed by atoms with Crippen molar-refractivity contribution in [2.75, 3.05) is 6.61 Å². The Bertz CT molecular complexity index is 605. The second-order valence-corrected chi connectivity index (χ2v) is 6.20. The quantitative estimate of drug-likeness (QED) is 0.604. The van der Waals surface area contributed by atoms with Crippen LogP contribution in [0.15, 0.2) is 30.3 Å². The predicted octanol–water partition coefficient (Wildman–Crippen LogP) is 1.39. The fourth-order valence-corrected chi connectivity index (χ4v) is 1.50. The summed E-state index contributed by atoms with van der Waals surface area (Å²) in [6, 6.07) is 8.37. The summed E-state index contributed by atoms with van der Waals surface area (Å²) in [6.45, 7) is 4.87. The van der Waals surface area contributed by atoms with E-state index in [0.29, 0.717) is 5.56 Å². The van der Waals surface area contributed by atoms with E-state index in [4.69, 9.17) is 4.74 Å². The number of hydrazine groups is 1. The van der Waals surface area contributed by atoms with Crippen molar-refractivity contribution in [3.8, 4) is 0 Å². The van der Waals surface area contributed by atoms with Crippen molar-refractivity contribution in [2.24, 2.45) is 5.41 Å². The molecule has 1 aromatic rings. The van der Waals surface area contributed by atoms with Crippen molar-refractivity contribution in [3.05, 3.63) is 35.9 Å². The van der Waals surface area contributed by atoms with Gasteiger partial charge in [-0.05, 0) is 12.1 Å². The molecule has 7 heteroatoms. The molecule has 0 unspecified atom stereocenters. The molecule has 0 aromatic heterocycles. The van der Waals surface area contributed by atoms with Crippen LogP contribution in [-0.4, -0.2) is 30.2 Å². The van der Waals surface area contributed by atoms with Crippen LogP contribution in [0.1, 0.15) is 44.0 Å². The van der Waals surface area contributed by atoms with Crippen molar-refractivity contribution in [2.45, 2.75) is 33.6 Å². The Morgan fingerprint density at radius 2 is 1.58 bits per heavy atom. The number of carbonyl (C=O) groups excluding carboxylic acids is 4. The second kappa shape index (κ2) is 8.81. The first-order chi connectivity index (χ1) is 11.2. The van der Waals surface area contributed by atoms with Gasteiger partial charge < -0.3 is 4.74 Å². The number of hydrogen-bond acceptors (Lipinski definition) is 5. The summed E-state index contributed by atoms with van der Waals surface area (Å²) in [4.78, 5) is 46.4. The zero-order valence-electron chi connectivity index (χ0n) is 14.0. The average Bonchev–Trinajstić information content (AvgIpc) is 2.55. The second-order valence-electron chi connectivity index (χ2n) is 6.20. The topological polar surface area (TPSA) is 102 Å². The molecule has 130 valence electrons. The molecule has 7 nitrogen and oxygen atoms in total. The molecule has 0 aliphatic heterocycles. The molecule has 24 heavy (non-hydrogen) atoms. The summed E-state index contributed by atoms with van der Waals surface area (Å²) < 4.78 is 4.82. The van der Waals surface area contributed by atoms with Gasteiger partial charge in [-0.1, -0.05) is 39.0 Å². The first-order valence-electron chi connectivity index (χ1n) is 7.53. The minimum Gasteiger partial charge on any atom is -0.458 e. The molecule has 0 aliphatic rings. The lowest BCUT2D eigenvalue weighted by Gasteiger charge is -2.16. The highest BCUT2D eigenvalue weighted by Crippen LogP contribution is 2.14. The lowest BCUT2D eigenvalue weighted by atomic mass is 9.91. The molecule has 0 fully saturated rings. The molecule has 0 bridgehead atoms. The minimum atomic E-state index is -0.642. The van der Waals surface area contributed by atoms with Crippen LogP contribution in [0.2, 0.25) is 0 Å². The van der Waals surface area contributed by atoms with Gasteiger partial charge in [0.25, 0.3) is 5.91 Å². The van der Waals surface area contributed by atoms with Crippen LogP contribution in [0, 0.1) is 5.41 Å². The summed E-state index contributed by atoms with van der Waals surface area (Å²) in [5, 5.41) is 0. The molecule has 0 saturated carbocycles. The first kappa shape index (κ1) is 19.3. The number of carbonyl (C=O) groups is 4. The van der Waals surface area contributed by atoms with E-state index in [-0.39, 0.29) is 25.2 Å². The van der Waals surface area contributed by atoms with Crippen LogP contribution in [0.5, 0.6) is 0 Å². The summed E-state index contributed by atoms with van der Waals surface area (Å²) in [7, 11) is 0. The third kappa shape index (κ3) is 7.04. The van der Waals surface area contributed by atoms with Gasteiger partial charge in [0.05, 0.1) is 6.42 Å². The Kier molecular flexibility index (Phi) is 7.10. The SMILES string of the molecule is CC(C)(C)C(=O)COC(=O)CCC(=O)NNC(=O)c1ccccc1. The number of ether oxygens (including phenoxy) is 1. The monoisotopic (exact) mass is 334 g/mol. The maximum absolute atomic E-state index is 11.7. The molecule has 0 aliphatic carbocycles. The van der Waals surface area contributed by atoms with E-state index in [1.54, 1.807) is 51.1 Å². The molecular formula is C17H22N2O5. The van der Waals surface area contributed by atoms with E-state index in [0.717, 1.165) is 0 Å². The molecule has 0 saturated heterocycles.